The number of nitrogen functional groups attached to an aromatic ring is 1. The molecule has 0 fully saturated rings. The molecule has 2 aliphatic rings. The van der Waals surface area contributed by atoms with Gasteiger partial charge in [0.1, 0.15) is 29.7 Å². The van der Waals surface area contributed by atoms with Gasteiger partial charge >= 0.3 is 0 Å². The lowest BCUT2D eigenvalue weighted by Gasteiger charge is -2.38. The molecule has 0 amide bonds. The average Bonchev–Trinajstić information content (AvgIpc) is 4.14. The lowest BCUT2D eigenvalue weighted by atomic mass is 10.0. The van der Waals surface area contributed by atoms with Crippen LogP contribution in [0, 0.1) is 13.8 Å². The van der Waals surface area contributed by atoms with E-state index in [1.807, 2.05) is 37.3 Å². The number of ether oxygens (including phenoxy) is 2. The molecule has 0 bridgehead atoms. The number of fused-ring (bicyclic) bond motifs is 2. The molecule has 19 atom stereocenters. The highest BCUT2D eigenvalue weighted by molar-refractivity contribution is 9.29. The van der Waals surface area contributed by atoms with E-state index in [0.29, 0.717) is 16.6 Å². The first kappa shape index (κ1) is 81.4. The highest BCUT2D eigenvalue weighted by Gasteiger charge is 2.34. The Labute approximate surface area is 537 Å². The average molecular weight is 1630 g/mol. The van der Waals surface area contributed by atoms with Crippen molar-refractivity contribution in [3.63, 3.8) is 0 Å². The van der Waals surface area contributed by atoms with Crippen molar-refractivity contribution >= 4 is 252 Å². The first-order chi connectivity index (χ1) is 37.4. The number of anilines is 1. The zero-order valence-corrected chi connectivity index (χ0v) is 75.1. The van der Waals surface area contributed by atoms with Crippen LogP contribution in [0.5, 0.6) is 11.5 Å². The number of methoxy groups -OCH3 is 2. The van der Waals surface area contributed by atoms with Crippen molar-refractivity contribution < 1.29 is 9.47 Å². The number of hydrogen-bond donors (Lipinski definition) is 1. The minimum absolute atomic E-state index is 0. The lowest BCUT2D eigenvalue weighted by Crippen LogP contribution is -1.98. The predicted molar refractivity (Wildman–Crippen MR) is 456 cm³/mol. The second kappa shape index (κ2) is 43.3. The Morgan fingerprint density at radius 3 is 1.19 bits per heavy atom. The van der Waals surface area contributed by atoms with Crippen molar-refractivity contribution in [2.24, 2.45) is 0 Å². The molecule has 4 aromatic carbocycles. The van der Waals surface area contributed by atoms with Crippen molar-refractivity contribution in [1.82, 2.24) is 19.9 Å². The van der Waals surface area contributed by atoms with Gasteiger partial charge in [0.2, 0.25) is 0 Å². The van der Waals surface area contributed by atoms with E-state index in [9.17, 15) is 0 Å². The minimum atomic E-state index is 0. The highest BCUT2D eigenvalue weighted by atomic mass is 35.5. The molecule has 80 heavy (non-hydrogen) atoms. The highest BCUT2D eigenvalue weighted by Crippen LogP contribution is 3.23. The summed E-state index contributed by atoms with van der Waals surface area (Å²) in [7, 11) is 53.2. The van der Waals surface area contributed by atoms with Gasteiger partial charge in [-0.15, -0.1) is 143 Å². The van der Waals surface area contributed by atoms with Crippen LogP contribution in [0.4, 0.5) is 5.69 Å². The fourth-order valence-electron chi connectivity index (χ4n) is 7.70. The number of aromatic nitrogens is 4. The summed E-state index contributed by atoms with van der Waals surface area (Å²) < 4.78 is 10.9. The van der Waals surface area contributed by atoms with E-state index in [2.05, 4.69) is 224 Å². The van der Waals surface area contributed by atoms with Crippen LogP contribution in [-0.4, -0.2) is 34.2 Å². The molecule has 6 aromatic rings. The molecular formula is C43H79ClN5O2P29. The number of halogens is 1. The second-order valence-electron chi connectivity index (χ2n) is 16.8. The molecule has 440 valence electrons. The first-order valence-corrected chi connectivity index (χ1v) is 74.8. The molecule has 0 aliphatic heterocycles. The van der Waals surface area contributed by atoms with Crippen LogP contribution < -0.4 is 15.2 Å². The van der Waals surface area contributed by atoms with Crippen LogP contribution in [0.25, 0.3) is 33.8 Å². The predicted octanol–water partition coefficient (Wildman–Crippen LogP) is 26.3. The fourth-order valence-corrected chi connectivity index (χ4v) is 311. The molecule has 8 rings (SSSR count). The molecule has 2 aromatic heterocycles. The molecule has 2 N–H and O–H groups in total. The molecule has 2 heterocycles. The zero-order chi connectivity index (χ0) is 58.7. The van der Waals surface area contributed by atoms with Crippen LogP contribution >= 0.6 is 246 Å². The van der Waals surface area contributed by atoms with Crippen LogP contribution in [-0.2, 0) is 25.7 Å². The van der Waals surface area contributed by atoms with E-state index in [1.54, 1.807) is 20.5 Å². The third-order valence-corrected chi connectivity index (χ3v) is 179. The third kappa shape index (κ3) is 26.4. The monoisotopic (exact) mass is 1630 g/mol. The maximum Gasteiger partial charge on any atom is 0.182 e. The Morgan fingerprint density at radius 1 is 0.450 bits per heavy atom. The van der Waals surface area contributed by atoms with Gasteiger partial charge in [-0.3, -0.25) is 0 Å². The summed E-state index contributed by atoms with van der Waals surface area (Å²) in [5.74, 6) is 1.24. The van der Waals surface area contributed by atoms with Crippen LogP contribution in [0.3, 0.4) is 0 Å². The van der Waals surface area contributed by atoms with E-state index in [1.165, 1.54) is 71.8 Å². The Bertz CT molecular complexity index is 2760. The maximum atomic E-state index is 5.93. The number of rotatable bonds is 16. The van der Waals surface area contributed by atoms with Crippen molar-refractivity contribution in [3.8, 4) is 45.3 Å². The summed E-state index contributed by atoms with van der Waals surface area (Å²) in [5.41, 5.74) is 20.3. The Morgan fingerprint density at radius 2 is 0.787 bits per heavy atom. The molecule has 19 unspecified atom stereocenters. The smallest absolute Gasteiger partial charge is 0.182 e. The van der Waals surface area contributed by atoms with Gasteiger partial charge in [-0.2, -0.15) is 0 Å². The van der Waals surface area contributed by atoms with Gasteiger partial charge in [0.05, 0.1) is 14.2 Å². The number of aryl methyl sites for hydroxylation is 6. The quantitative estimate of drug-likeness (QED) is 0.0586. The Kier molecular flexibility index (Phi) is 44.1. The molecule has 7 nitrogen and oxygen atoms in total. The van der Waals surface area contributed by atoms with Gasteiger partial charge in [-0.05, 0) is 177 Å². The van der Waals surface area contributed by atoms with E-state index in [4.69, 9.17) is 26.8 Å². The molecule has 0 saturated heterocycles. The fraction of sp³-hybridized carbons (Fsp3) is 0.256. The zero-order valence-electron chi connectivity index (χ0n) is 44.1. The molecule has 37 heteroatoms. The number of benzene rings is 4. The summed E-state index contributed by atoms with van der Waals surface area (Å²) >= 11 is 5.93. The summed E-state index contributed by atoms with van der Waals surface area (Å²) in [6.45, 7) is 5.74. The van der Waals surface area contributed by atoms with E-state index in [-0.39, 0.29) is 91.3 Å². The summed E-state index contributed by atoms with van der Waals surface area (Å²) in [6, 6.07) is 29.2. The Balaban J connectivity index is 0.000000270. The summed E-state index contributed by atoms with van der Waals surface area (Å²) in [4.78, 5) is 17.1. The molecule has 0 saturated carbocycles. The lowest BCUT2D eigenvalue weighted by molar-refractivity contribution is 0.413. The molecular weight excluding hydrogens is 1550 g/mol. The second-order valence-corrected chi connectivity index (χ2v) is 127. The largest absolute Gasteiger partial charge is 0.492 e. The van der Waals surface area contributed by atoms with Crippen molar-refractivity contribution in [2.75, 3.05) is 20.0 Å². The van der Waals surface area contributed by atoms with Crippen LogP contribution in [0.1, 0.15) is 53.6 Å². The maximum absolute atomic E-state index is 5.93. The molecule has 0 spiro atoms. The number of hydrogen-bond acceptors (Lipinski definition) is 7. The number of nitrogens with zero attached hydrogens (tertiary/aromatic N) is 4. The van der Waals surface area contributed by atoms with Crippen molar-refractivity contribution in [2.45, 2.75) is 59.8 Å². The normalized spacial score (nSPS) is 13.4. The minimum Gasteiger partial charge on any atom is -0.492 e. The van der Waals surface area contributed by atoms with Crippen molar-refractivity contribution in [3.05, 3.63) is 136 Å². The van der Waals surface area contributed by atoms with Gasteiger partial charge < -0.3 is 15.2 Å². The van der Waals surface area contributed by atoms with E-state index < -0.39 is 0 Å². The van der Waals surface area contributed by atoms with Gasteiger partial charge in [0.15, 0.2) is 16.7 Å². The van der Waals surface area contributed by atoms with Gasteiger partial charge in [0, 0.05) is 22.4 Å². The van der Waals surface area contributed by atoms with Crippen molar-refractivity contribution in [1.29, 1.82) is 0 Å². The molecule has 0 radical (unpaired) electrons. The van der Waals surface area contributed by atoms with Crippen LogP contribution in [0.15, 0.2) is 97.6 Å². The SMILES string of the molecule is C.COc1c(-c2ccc(C)cc2)ncnc1-c1ccc2c(c1)CCC2.COc1c(Cl)ncnc1-c1ccc(C)cc1.Nc1ccc2c(c1)CCC2.PP(P)P(P(P)P)P(P(P)P)P(P)P.PPP(P)P(P(P)P)P(P(P)P)P(P)P. The van der Waals surface area contributed by atoms with E-state index in [0.717, 1.165) is 53.9 Å². The van der Waals surface area contributed by atoms with Gasteiger partial charge in [-0.1, -0.05) is 105 Å². The van der Waals surface area contributed by atoms with Gasteiger partial charge in [0.25, 0.3) is 0 Å². The van der Waals surface area contributed by atoms with Crippen LogP contribution in [0.2, 0.25) is 5.15 Å². The number of nitrogens with two attached hydrogens (primary N) is 1. The first-order valence-electron chi connectivity index (χ1n) is 23.3. The van der Waals surface area contributed by atoms with Gasteiger partial charge in [-0.25, -0.2) is 19.9 Å². The standard InChI is InChI=1S/C21H20N2O.C12H11ClN2O.C9H11N.CH4.H17P15.H16P14/c1-14-6-8-16(9-7-14)19-21(24-2)20(23-13-22-19)18-11-10-15-4-3-5-17(15)12-18;1-8-3-5-9(6-4-8)10-11(16-2)12(13)15-7-14-10;10-9-5-4-7-2-1-3-8(7)6-9;;1-9-13(8)15(12(6)7)14(10(2)3)11(4)5;1-9(2)13(10(3)4)14(11(5)6)12(7)8/h6-13H,3-5H2,1-2H3;3-7H,1-2H3;4-6H,1-3,10H2;1H4;9H,1-8H2;1-8H2. The summed E-state index contributed by atoms with van der Waals surface area (Å²) in [6.07, 6.45) is 10.4. The Hall–Kier alpha value is 7.20. The summed E-state index contributed by atoms with van der Waals surface area (Å²) in [5, 5.41) is 0.327. The third-order valence-electron chi connectivity index (χ3n) is 11.2. The topological polar surface area (TPSA) is 96.0 Å². The molecule has 2 aliphatic carbocycles. The van der Waals surface area contributed by atoms with E-state index >= 15 is 0 Å².